The fraction of sp³-hybridized carbons (Fsp3) is 0.280. The van der Waals surface area contributed by atoms with E-state index in [-0.39, 0.29) is 42.6 Å². The maximum Gasteiger partial charge on any atom is 0.271 e. The molecular formula is C25H23Cl3N2O5S. The van der Waals surface area contributed by atoms with Crippen LogP contribution < -0.4 is 9.04 Å². The van der Waals surface area contributed by atoms with Gasteiger partial charge in [0, 0.05) is 17.7 Å². The Balaban J connectivity index is 1.76. The molecule has 0 saturated heterocycles. The van der Waals surface area contributed by atoms with E-state index >= 15 is 0 Å². The molecule has 11 heteroatoms. The second-order valence-corrected chi connectivity index (χ2v) is 13.0. The van der Waals surface area contributed by atoms with Crippen molar-refractivity contribution in [3.05, 3.63) is 84.8 Å². The summed E-state index contributed by atoms with van der Waals surface area (Å²) in [5.74, 6) is 0.0565. The molecule has 1 aliphatic heterocycles. The van der Waals surface area contributed by atoms with Crippen LogP contribution in [0.15, 0.2) is 53.4 Å². The molecule has 0 amide bonds. The molecule has 0 fully saturated rings. The van der Waals surface area contributed by atoms with Crippen LogP contribution in [0, 0.1) is 10.1 Å². The highest BCUT2D eigenvalue weighted by molar-refractivity contribution is 7.93. The molecular weight excluding hydrogens is 547 g/mol. The first kappa shape index (κ1) is 26.5. The smallest absolute Gasteiger partial charge is 0.271 e. The van der Waals surface area contributed by atoms with Crippen molar-refractivity contribution in [2.75, 3.05) is 4.31 Å². The molecule has 3 aromatic carbocycles. The van der Waals surface area contributed by atoms with Gasteiger partial charge in [-0.1, -0.05) is 73.8 Å². The fourth-order valence-corrected chi connectivity index (χ4v) is 7.09. The Hall–Kier alpha value is -2.52. The third kappa shape index (κ3) is 4.30. The Morgan fingerprint density at radius 2 is 1.58 bits per heavy atom. The van der Waals surface area contributed by atoms with Crippen molar-refractivity contribution in [2.24, 2.45) is 0 Å². The van der Waals surface area contributed by atoms with Crippen LogP contribution in [0.3, 0.4) is 0 Å². The van der Waals surface area contributed by atoms with Gasteiger partial charge in [0.1, 0.15) is 5.75 Å². The largest absolute Gasteiger partial charge is 0.453 e. The number of fused-ring (bicyclic) bond motifs is 1. The minimum absolute atomic E-state index is 0.0216. The molecule has 0 bridgehead atoms. The van der Waals surface area contributed by atoms with E-state index in [1.165, 1.54) is 28.6 Å². The number of anilines is 1. The third-order valence-corrected chi connectivity index (χ3v) is 8.87. The minimum atomic E-state index is -4.06. The Morgan fingerprint density at radius 3 is 2.11 bits per heavy atom. The predicted molar refractivity (Wildman–Crippen MR) is 142 cm³/mol. The normalized spacial score (nSPS) is 14.7. The van der Waals surface area contributed by atoms with Crippen LogP contribution >= 0.6 is 34.8 Å². The molecule has 0 aromatic heterocycles. The Morgan fingerprint density at radius 1 is 0.972 bits per heavy atom. The van der Waals surface area contributed by atoms with Crippen LogP contribution in [0.2, 0.25) is 15.1 Å². The zero-order chi connectivity index (χ0) is 26.8. The molecule has 4 rings (SSSR count). The molecule has 0 saturated carbocycles. The second-order valence-electron chi connectivity index (χ2n) is 9.97. The number of non-ortho nitro benzene ring substituents is 1. The standard InChI is InChI=1S/C25H23Cl3N2O5S/c1-24(2,3)16-7-6-8-17-22(16)29(25(17,4)5)36(33,34)15-12-19(27)23(20(28)13-15)35-21-10-9-14(30(31)32)11-18(21)26/h6-13H,1-5H3. The molecule has 0 unspecified atom stereocenters. The van der Waals surface area contributed by atoms with Crippen LogP contribution in [0.1, 0.15) is 45.7 Å². The van der Waals surface area contributed by atoms with Crippen LogP contribution in [0.4, 0.5) is 11.4 Å². The molecule has 1 aliphatic rings. The first-order chi connectivity index (χ1) is 16.6. The maximum atomic E-state index is 13.9. The van der Waals surface area contributed by atoms with E-state index in [0.29, 0.717) is 5.69 Å². The van der Waals surface area contributed by atoms with Gasteiger partial charge >= 0.3 is 0 Å². The van der Waals surface area contributed by atoms with E-state index < -0.39 is 20.5 Å². The summed E-state index contributed by atoms with van der Waals surface area (Å²) in [5.41, 5.74) is 1.22. The van der Waals surface area contributed by atoms with Crippen molar-refractivity contribution in [1.82, 2.24) is 0 Å². The molecule has 3 aromatic rings. The predicted octanol–water partition coefficient (Wildman–Crippen LogP) is 8.09. The molecule has 0 spiro atoms. The number of benzene rings is 3. The summed E-state index contributed by atoms with van der Waals surface area (Å²) in [6, 6.07) is 12.0. The fourth-order valence-electron chi connectivity index (χ4n) is 4.30. The highest BCUT2D eigenvalue weighted by Crippen LogP contribution is 2.55. The van der Waals surface area contributed by atoms with E-state index in [0.717, 1.165) is 17.2 Å². The van der Waals surface area contributed by atoms with Gasteiger partial charge in [0.15, 0.2) is 5.75 Å². The molecule has 0 radical (unpaired) electrons. The maximum absolute atomic E-state index is 13.9. The molecule has 7 nitrogen and oxygen atoms in total. The van der Waals surface area contributed by atoms with Crippen molar-refractivity contribution in [3.63, 3.8) is 0 Å². The summed E-state index contributed by atoms with van der Waals surface area (Å²) in [6.45, 7) is 9.78. The lowest BCUT2D eigenvalue weighted by Crippen LogP contribution is -2.55. The number of nitro groups is 1. The lowest BCUT2D eigenvalue weighted by molar-refractivity contribution is -0.384. The number of ether oxygens (including phenoxy) is 1. The van der Waals surface area contributed by atoms with E-state index in [9.17, 15) is 18.5 Å². The van der Waals surface area contributed by atoms with E-state index in [2.05, 4.69) is 0 Å². The summed E-state index contributed by atoms with van der Waals surface area (Å²) >= 11 is 19.0. The molecule has 0 N–H and O–H groups in total. The van der Waals surface area contributed by atoms with Gasteiger partial charge in [-0.2, -0.15) is 0 Å². The van der Waals surface area contributed by atoms with Crippen molar-refractivity contribution >= 4 is 56.2 Å². The van der Waals surface area contributed by atoms with Gasteiger partial charge < -0.3 is 4.74 Å². The van der Waals surface area contributed by atoms with E-state index in [1.807, 2.05) is 52.8 Å². The number of rotatable bonds is 5. The van der Waals surface area contributed by atoms with Gasteiger partial charge in [-0.25, -0.2) is 8.42 Å². The Bertz CT molecular complexity index is 1490. The molecule has 1 heterocycles. The highest BCUT2D eigenvalue weighted by Gasteiger charge is 2.51. The molecule has 0 aliphatic carbocycles. The number of hydrogen-bond acceptors (Lipinski definition) is 5. The van der Waals surface area contributed by atoms with Crippen LogP contribution in [-0.4, -0.2) is 13.3 Å². The molecule has 190 valence electrons. The lowest BCUT2D eigenvalue weighted by Gasteiger charge is -2.52. The lowest BCUT2D eigenvalue weighted by atomic mass is 9.76. The number of hydrogen-bond donors (Lipinski definition) is 0. The summed E-state index contributed by atoms with van der Waals surface area (Å²) < 4.78 is 34.9. The van der Waals surface area contributed by atoms with Gasteiger partial charge in [0.05, 0.1) is 36.1 Å². The van der Waals surface area contributed by atoms with Crippen molar-refractivity contribution in [1.29, 1.82) is 0 Å². The van der Waals surface area contributed by atoms with Gasteiger partial charge in [0.25, 0.3) is 15.7 Å². The van der Waals surface area contributed by atoms with Gasteiger partial charge in [-0.3, -0.25) is 14.4 Å². The topological polar surface area (TPSA) is 89.8 Å². The van der Waals surface area contributed by atoms with Crippen molar-refractivity contribution in [3.8, 4) is 11.5 Å². The second kappa shape index (κ2) is 8.80. The minimum Gasteiger partial charge on any atom is -0.453 e. The van der Waals surface area contributed by atoms with Crippen LogP contribution in [0.5, 0.6) is 11.5 Å². The number of halogens is 3. The summed E-state index contributed by atoms with van der Waals surface area (Å²) in [5, 5.41) is 10.8. The van der Waals surface area contributed by atoms with Crippen LogP contribution in [-0.2, 0) is 21.0 Å². The Kier molecular flexibility index (Phi) is 6.49. The number of nitrogens with zero attached hydrogens (tertiary/aromatic N) is 2. The van der Waals surface area contributed by atoms with Crippen molar-refractivity contribution < 1.29 is 18.1 Å². The quantitative estimate of drug-likeness (QED) is 0.229. The monoisotopic (exact) mass is 568 g/mol. The van der Waals surface area contributed by atoms with Crippen LogP contribution in [0.25, 0.3) is 0 Å². The van der Waals surface area contributed by atoms with E-state index in [4.69, 9.17) is 39.5 Å². The molecule has 36 heavy (non-hydrogen) atoms. The SMILES string of the molecule is CC(C)(C)c1cccc2c1N(S(=O)(=O)c1cc(Cl)c(Oc3ccc([N+](=O)[O-])cc3Cl)c(Cl)c1)C2(C)C. The average molecular weight is 570 g/mol. The zero-order valence-electron chi connectivity index (χ0n) is 20.1. The van der Waals surface area contributed by atoms with Gasteiger partial charge in [-0.15, -0.1) is 0 Å². The summed E-state index contributed by atoms with van der Waals surface area (Å²) in [4.78, 5) is 10.3. The number of sulfonamides is 1. The first-order valence-corrected chi connectivity index (χ1v) is 13.4. The molecule has 0 atom stereocenters. The Labute approximate surface area is 224 Å². The van der Waals surface area contributed by atoms with E-state index in [1.54, 1.807) is 0 Å². The highest BCUT2D eigenvalue weighted by atomic mass is 35.5. The van der Waals surface area contributed by atoms with Gasteiger partial charge in [-0.05, 0) is 43.0 Å². The summed E-state index contributed by atoms with van der Waals surface area (Å²) in [7, 11) is -4.06. The average Bonchev–Trinajstić information content (AvgIpc) is 2.75. The van der Waals surface area contributed by atoms with Gasteiger partial charge in [0.2, 0.25) is 0 Å². The number of nitro benzene ring substituents is 1. The zero-order valence-corrected chi connectivity index (χ0v) is 23.2. The first-order valence-electron chi connectivity index (χ1n) is 10.9. The van der Waals surface area contributed by atoms with Crippen molar-refractivity contribution in [2.45, 2.75) is 50.5 Å². The summed E-state index contributed by atoms with van der Waals surface area (Å²) in [6.07, 6.45) is 0. The third-order valence-electron chi connectivity index (χ3n) is 6.06. The number of para-hydroxylation sites is 1.